The number of nitrogens with one attached hydrogen (secondary N) is 1. The van der Waals surface area contributed by atoms with E-state index in [4.69, 9.17) is 9.47 Å². The molecule has 1 aromatic heterocycles. The average Bonchev–Trinajstić information content (AvgIpc) is 2.69. The van der Waals surface area contributed by atoms with Crippen molar-refractivity contribution in [3.63, 3.8) is 0 Å². The lowest BCUT2D eigenvalue weighted by Gasteiger charge is -2.07. The van der Waals surface area contributed by atoms with E-state index in [0.29, 0.717) is 17.8 Å². The fourth-order valence-electron chi connectivity index (χ4n) is 1.39. The maximum atomic E-state index is 5.18. The second-order valence-electron chi connectivity index (χ2n) is 3.37. The van der Waals surface area contributed by atoms with Gasteiger partial charge in [0.2, 0.25) is 5.88 Å². The Bertz CT molecular complexity index is 331. The smallest absolute Gasteiger partial charge is 0.296 e. The van der Waals surface area contributed by atoms with E-state index in [1.165, 1.54) is 0 Å². The van der Waals surface area contributed by atoms with Crippen LogP contribution in [0.1, 0.15) is 31.9 Å². The molecular weight excluding hydrogens is 192 g/mol. The summed E-state index contributed by atoms with van der Waals surface area (Å²) in [7, 11) is 3.19. The Kier molecular flexibility index (Phi) is 4.21. The summed E-state index contributed by atoms with van der Waals surface area (Å²) in [4.78, 5) is 7.25. The first-order chi connectivity index (χ1) is 7.22. The van der Waals surface area contributed by atoms with E-state index in [1.807, 2.05) is 13.0 Å². The summed E-state index contributed by atoms with van der Waals surface area (Å²) in [6.45, 7) is 4.13. The number of imidazole rings is 1. The Hall–Kier alpha value is -1.45. The summed E-state index contributed by atoms with van der Waals surface area (Å²) in [5, 5.41) is 0. The van der Waals surface area contributed by atoms with Gasteiger partial charge in [0, 0.05) is 5.92 Å². The van der Waals surface area contributed by atoms with Crippen LogP contribution in [0.25, 0.3) is 0 Å². The lowest BCUT2D eigenvalue weighted by molar-refractivity contribution is 0.367. The molecule has 0 spiro atoms. The second kappa shape index (κ2) is 5.44. The summed E-state index contributed by atoms with van der Waals surface area (Å²) >= 11 is 0. The van der Waals surface area contributed by atoms with Gasteiger partial charge in [0.25, 0.3) is 6.01 Å². The molecule has 1 N–H and O–H groups in total. The highest BCUT2D eigenvalue weighted by Crippen LogP contribution is 2.28. The lowest BCUT2D eigenvalue weighted by atomic mass is 10.0. The number of rotatable bonds is 5. The monoisotopic (exact) mass is 210 g/mol. The van der Waals surface area contributed by atoms with Gasteiger partial charge in [0.15, 0.2) is 0 Å². The summed E-state index contributed by atoms with van der Waals surface area (Å²) in [6.07, 6.45) is 5.12. The number of allylic oxidation sites excluding steroid dienone is 2. The quantitative estimate of drug-likeness (QED) is 0.759. The zero-order valence-corrected chi connectivity index (χ0v) is 9.70. The molecule has 0 amide bonds. The number of hydrogen-bond donors (Lipinski definition) is 1. The van der Waals surface area contributed by atoms with Crippen LogP contribution >= 0.6 is 0 Å². The van der Waals surface area contributed by atoms with Gasteiger partial charge in [-0.2, -0.15) is 4.98 Å². The molecule has 0 aliphatic carbocycles. The standard InChI is InChI=1S/C11H18N2O2/c1-5-6-7-8(2)9-10(14-3)13-11(12-9)15-4/h5-6,8H,7H2,1-4H3,(H,12,13)/b6-5+/t8-/m0/s1. The minimum Gasteiger partial charge on any atom is -0.480 e. The zero-order valence-electron chi connectivity index (χ0n) is 9.70. The van der Waals surface area contributed by atoms with Gasteiger partial charge in [-0.3, -0.25) is 0 Å². The van der Waals surface area contributed by atoms with Crippen molar-refractivity contribution in [3.05, 3.63) is 17.8 Å². The lowest BCUT2D eigenvalue weighted by Crippen LogP contribution is -1.96. The molecule has 1 heterocycles. The summed E-state index contributed by atoms with van der Waals surface area (Å²) < 4.78 is 10.2. The molecule has 0 aliphatic rings. The Morgan fingerprint density at radius 1 is 1.40 bits per heavy atom. The number of aromatic amines is 1. The largest absolute Gasteiger partial charge is 0.480 e. The van der Waals surface area contributed by atoms with Crippen LogP contribution in [-0.4, -0.2) is 24.2 Å². The molecule has 0 fully saturated rings. The Labute approximate surface area is 90.3 Å². The summed E-state index contributed by atoms with van der Waals surface area (Å²) in [6, 6.07) is 0.495. The molecule has 1 rings (SSSR count). The fraction of sp³-hybridized carbons (Fsp3) is 0.545. The van der Waals surface area contributed by atoms with Crippen molar-refractivity contribution >= 4 is 0 Å². The highest BCUT2D eigenvalue weighted by Gasteiger charge is 2.16. The molecule has 0 radical (unpaired) electrons. The topological polar surface area (TPSA) is 47.1 Å². The number of aromatic nitrogens is 2. The third-order valence-electron chi connectivity index (χ3n) is 2.28. The van der Waals surface area contributed by atoms with E-state index in [1.54, 1.807) is 14.2 Å². The molecule has 0 aliphatic heterocycles. The van der Waals surface area contributed by atoms with E-state index < -0.39 is 0 Å². The number of hydrogen-bond acceptors (Lipinski definition) is 3. The third kappa shape index (κ3) is 2.75. The molecule has 0 saturated carbocycles. The molecule has 15 heavy (non-hydrogen) atoms. The zero-order chi connectivity index (χ0) is 11.3. The van der Waals surface area contributed by atoms with Gasteiger partial charge in [-0.1, -0.05) is 19.1 Å². The molecule has 0 bridgehead atoms. The van der Waals surface area contributed by atoms with Crippen LogP contribution in [-0.2, 0) is 0 Å². The van der Waals surface area contributed by atoms with E-state index in [2.05, 4.69) is 23.0 Å². The molecular formula is C11H18N2O2. The normalized spacial score (nSPS) is 13.1. The number of nitrogens with zero attached hydrogens (tertiary/aromatic N) is 1. The SMILES string of the molecule is C/C=C/C[C@H](C)c1[nH]c(OC)nc1OC. The predicted octanol–water partition coefficient (Wildman–Crippen LogP) is 2.50. The fourth-order valence-corrected chi connectivity index (χ4v) is 1.39. The van der Waals surface area contributed by atoms with E-state index in [9.17, 15) is 0 Å². The first-order valence-electron chi connectivity index (χ1n) is 5.02. The van der Waals surface area contributed by atoms with Gasteiger partial charge < -0.3 is 14.5 Å². The number of methoxy groups -OCH3 is 2. The van der Waals surface area contributed by atoms with Crippen LogP contribution in [0.2, 0.25) is 0 Å². The van der Waals surface area contributed by atoms with Gasteiger partial charge in [0.05, 0.1) is 19.9 Å². The predicted molar refractivity (Wildman–Crippen MR) is 59.5 cm³/mol. The van der Waals surface area contributed by atoms with Gasteiger partial charge in [-0.05, 0) is 13.3 Å². The van der Waals surface area contributed by atoms with Crippen LogP contribution < -0.4 is 9.47 Å². The molecule has 0 saturated heterocycles. The van der Waals surface area contributed by atoms with Crippen LogP contribution in [0.5, 0.6) is 11.9 Å². The van der Waals surface area contributed by atoms with E-state index in [0.717, 1.165) is 12.1 Å². The Balaban J connectivity index is 2.85. The minimum absolute atomic E-state index is 0.340. The first kappa shape index (κ1) is 11.6. The van der Waals surface area contributed by atoms with Crippen molar-refractivity contribution in [2.45, 2.75) is 26.2 Å². The van der Waals surface area contributed by atoms with Crippen LogP contribution in [0.15, 0.2) is 12.2 Å². The summed E-state index contributed by atoms with van der Waals surface area (Å²) in [5.74, 6) is 0.955. The molecule has 4 nitrogen and oxygen atoms in total. The average molecular weight is 210 g/mol. The Morgan fingerprint density at radius 3 is 2.67 bits per heavy atom. The third-order valence-corrected chi connectivity index (χ3v) is 2.28. The van der Waals surface area contributed by atoms with Crippen LogP contribution in [0.4, 0.5) is 0 Å². The van der Waals surface area contributed by atoms with Crippen molar-refractivity contribution in [1.82, 2.24) is 9.97 Å². The highest BCUT2D eigenvalue weighted by molar-refractivity contribution is 5.27. The maximum absolute atomic E-state index is 5.18. The molecule has 4 heteroatoms. The summed E-state index contributed by atoms with van der Waals surface area (Å²) in [5.41, 5.74) is 0.979. The van der Waals surface area contributed by atoms with Crippen LogP contribution in [0, 0.1) is 0 Å². The molecule has 1 atom stereocenters. The number of ether oxygens (including phenoxy) is 2. The minimum atomic E-state index is 0.340. The molecule has 0 unspecified atom stereocenters. The van der Waals surface area contributed by atoms with Crippen molar-refractivity contribution in [2.24, 2.45) is 0 Å². The number of H-pyrrole nitrogens is 1. The second-order valence-corrected chi connectivity index (χ2v) is 3.37. The Morgan fingerprint density at radius 2 is 2.13 bits per heavy atom. The molecule has 1 aromatic rings. The first-order valence-corrected chi connectivity index (χ1v) is 5.02. The highest BCUT2D eigenvalue weighted by atomic mass is 16.5. The van der Waals surface area contributed by atoms with Gasteiger partial charge in [0.1, 0.15) is 0 Å². The van der Waals surface area contributed by atoms with Crippen molar-refractivity contribution in [2.75, 3.05) is 14.2 Å². The van der Waals surface area contributed by atoms with E-state index >= 15 is 0 Å². The van der Waals surface area contributed by atoms with Crippen LogP contribution in [0.3, 0.4) is 0 Å². The van der Waals surface area contributed by atoms with Gasteiger partial charge in [-0.15, -0.1) is 0 Å². The van der Waals surface area contributed by atoms with E-state index in [-0.39, 0.29) is 0 Å². The van der Waals surface area contributed by atoms with Gasteiger partial charge >= 0.3 is 0 Å². The van der Waals surface area contributed by atoms with Gasteiger partial charge in [-0.25, -0.2) is 0 Å². The van der Waals surface area contributed by atoms with Crippen molar-refractivity contribution < 1.29 is 9.47 Å². The van der Waals surface area contributed by atoms with Crippen molar-refractivity contribution in [1.29, 1.82) is 0 Å². The maximum Gasteiger partial charge on any atom is 0.296 e. The molecule has 0 aromatic carbocycles. The molecule has 84 valence electrons. The van der Waals surface area contributed by atoms with Crippen molar-refractivity contribution in [3.8, 4) is 11.9 Å².